The van der Waals surface area contributed by atoms with E-state index in [1.165, 1.54) is 0 Å². The SMILES string of the molecule is CC(C)[C@@H]1CC1(F)F. The van der Waals surface area contributed by atoms with Crippen LogP contribution in [-0.4, -0.2) is 5.92 Å². The van der Waals surface area contributed by atoms with E-state index >= 15 is 0 Å². The molecule has 0 aromatic heterocycles. The van der Waals surface area contributed by atoms with E-state index in [0.29, 0.717) is 0 Å². The molecule has 0 aliphatic heterocycles. The van der Waals surface area contributed by atoms with E-state index in [0.717, 1.165) is 0 Å². The number of rotatable bonds is 1. The molecule has 0 saturated heterocycles. The molecule has 0 aromatic carbocycles. The Labute approximate surface area is 47.9 Å². The normalized spacial score (nSPS) is 33.4. The van der Waals surface area contributed by atoms with Crippen LogP contribution in [0, 0.1) is 11.8 Å². The smallest absolute Gasteiger partial charge is 0.207 e. The van der Waals surface area contributed by atoms with Crippen LogP contribution >= 0.6 is 0 Å². The zero-order chi connectivity index (χ0) is 6.36. The lowest BCUT2D eigenvalue weighted by molar-refractivity contribution is 0.0889. The maximum absolute atomic E-state index is 12.0. The lowest BCUT2D eigenvalue weighted by Gasteiger charge is -1.98. The third-order valence-corrected chi connectivity index (χ3v) is 1.68. The minimum absolute atomic E-state index is 0.116. The molecule has 0 heterocycles. The molecule has 1 fully saturated rings. The summed E-state index contributed by atoms with van der Waals surface area (Å²) in [6, 6.07) is 0. The topological polar surface area (TPSA) is 0 Å². The fraction of sp³-hybridized carbons (Fsp3) is 1.00. The van der Waals surface area contributed by atoms with Gasteiger partial charge in [0.2, 0.25) is 0 Å². The van der Waals surface area contributed by atoms with Gasteiger partial charge >= 0.3 is 0 Å². The van der Waals surface area contributed by atoms with Crippen molar-refractivity contribution in [1.82, 2.24) is 0 Å². The van der Waals surface area contributed by atoms with Crippen LogP contribution in [-0.2, 0) is 0 Å². The van der Waals surface area contributed by atoms with Gasteiger partial charge in [-0.15, -0.1) is 0 Å². The molecule has 48 valence electrons. The van der Waals surface area contributed by atoms with Crippen LogP contribution < -0.4 is 0 Å². The van der Waals surface area contributed by atoms with Gasteiger partial charge < -0.3 is 0 Å². The summed E-state index contributed by atoms with van der Waals surface area (Å²) in [6.07, 6.45) is 0.116. The Bertz CT molecular complexity index is 96.7. The number of halogens is 2. The van der Waals surface area contributed by atoms with Crippen molar-refractivity contribution in [2.45, 2.75) is 26.2 Å². The second-order valence-corrected chi connectivity index (χ2v) is 2.82. The summed E-state index contributed by atoms with van der Waals surface area (Å²) in [4.78, 5) is 0. The van der Waals surface area contributed by atoms with Gasteiger partial charge in [0.25, 0.3) is 5.92 Å². The van der Waals surface area contributed by atoms with Crippen molar-refractivity contribution in [1.29, 1.82) is 0 Å². The van der Waals surface area contributed by atoms with Gasteiger partial charge in [0.05, 0.1) is 0 Å². The lowest BCUT2D eigenvalue weighted by Crippen LogP contribution is -1.99. The highest BCUT2D eigenvalue weighted by molar-refractivity contribution is 4.96. The molecule has 0 aromatic rings. The predicted molar refractivity (Wildman–Crippen MR) is 27.9 cm³/mol. The first-order chi connectivity index (χ1) is 3.54. The van der Waals surface area contributed by atoms with Crippen LogP contribution in [0.25, 0.3) is 0 Å². The van der Waals surface area contributed by atoms with Crippen molar-refractivity contribution in [3.05, 3.63) is 0 Å². The molecule has 1 saturated carbocycles. The first-order valence-electron chi connectivity index (χ1n) is 2.92. The first kappa shape index (κ1) is 5.99. The quantitative estimate of drug-likeness (QED) is 0.498. The average molecular weight is 120 g/mol. The summed E-state index contributed by atoms with van der Waals surface area (Å²) in [5.41, 5.74) is 0. The minimum Gasteiger partial charge on any atom is -0.207 e. The van der Waals surface area contributed by atoms with Gasteiger partial charge in [0, 0.05) is 12.3 Å². The van der Waals surface area contributed by atoms with Crippen molar-refractivity contribution in [2.24, 2.45) is 11.8 Å². The molecule has 0 spiro atoms. The first-order valence-corrected chi connectivity index (χ1v) is 2.92. The molecule has 2 heteroatoms. The summed E-state index contributed by atoms with van der Waals surface area (Å²) < 4.78 is 24.1. The highest BCUT2D eigenvalue weighted by Crippen LogP contribution is 2.52. The fourth-order valence-corrected chi connectivity index (χ4v) is 0.958. The molecule has 0 radical (unpaired) electrons. The number of alkyl halides is 2. The maximum atomic E-state index is 12.0. The molecule has 1 aliphatic carbocycles. The van der Waals surface area contributed by atoms with E-state index in [-0.39, 0.29) is 18.3 Å². The second-order valence-electron chi connectivity index (χ2n) is 2.82. The van der Waals surface area contributed by atoms with Crippen molar-refractivity contribution in [3.8, 4) is 0 Å². The second kappa shape index (κ2) is 1.42. The van der Waals surface area contributed by atoms with Crippen LogP contribution in [0.3, 0.4) is 0 Å². The summed E-state index contributed by atoms with van der Waals surface area (Å²) in [5.74, 6) is -2.47. The summed E-state index contributed by atoms with van der Waals surface area (Å²) in [6.45, 7) is 3.68. The molecule has 0 bridgehead atoms. The monoisotopic (exact) mass is 120 g/mol. The molecular formula is C6H10F2. The molecule has 1 rings (SSSR count). The Hall–Kier alpha value is -0.140. The third kappa shape index (κ3) is 0.837. The van der Waals surface area contributed by atoms with Gasteiger partial charge in [-0.1, -0.05) is 13.8 Å². The highest BCUT2D eigenvalue weighted by atomic mass is 19.3. The number of hydrogen-bond donors (Lipinski definition) is 0. The van der Waals surface area contributed by atoms with Crippen LogP contribution in [0.2, 0.25) is 0 Å². The van der Waals surface area contributed by atoms with Crippen LogP contribution in [0.5, 0.6) is 0 Å². The van der Waals surface area contributed by atoms with E-state index in [4.69, 9.17) is 0 Å². The van der Waals surface area contributed by atoms with Crippen LogP contribution in [0.4, 0.5) is 8.78 Å². The Kier molecular flexibility index (Phi) is 1.07. The zero-order valence-electron chi connectivity index (χ0n) is 5.12. The van der Waals surface area contributed by atoms with Gasteiger partial charge in [0.15, 0.2) is 0 Å². The summed E-state index contributed by atoms with van der Waals surface area (Å²) in [7, 11) is 0. The fourth-order valence-electron chi connectivity index (χ4n) is 0.958. The Morgan fingerprint density at radius 1 is 1.50 bits per heavy atom. The Morgan fingerprint density at radius 3 is 1.88 bits per heavy atom. The van der Waals surface area contributed by atoms with Crippen molar-refractivity contribution in [3.63, 3.8) is 0 Å². The minimum atomic E-state index is -2.31. The molecule has 0 unspecified atom stereocenters. The standard InChI is InChI=1S/C6H10F2/c1-4(2)5-3-6(5,7)8/h4-5H,3H2,1-2H3/t5-/m0/s1. The van der Waals surface area contributed by atoms with E-state index < -0.39 is 5.92 Å². The Morgan fingerprint density at radius 2 is 1.88 bits per heavy atom. The van der Waals surface area contributed by atoms with E-state index in [2.05, 4.69) is 0 Å². The maximum Gasteiger partial charge on any atom is 0.251 e. The van der Waals surface area contributed by atoms with Crippen LogP contribution in [0.1, 0.15) is 20.3 Å². The summed E-state index contributed by atoms with van der Waals surface area (Å²) >= 11 is 0. The molecule has 0 nitrogen and oxygen atoms in total. The molecule has 0 amide bonds. The summed E-state index contributed by atoms with van der Waals surface area (Å²) in [5, 5.41) is 0. The van der Waals surface area contributed by atoms with Gasteiger partial charge in [-0.2, -0.15) is 0 Å². The van der Waals surface area contributed by atoms with Gasteiger partial charge in [-0.25, -0.2) is 8.78 Å². The molecule has 0 N–H and O–H groups in total. The van der Waals surface area contributed by atoms with Crippen molar-refractivity contribution < 1.29 is 8.78 Å². The molecule has 1 atom stereocenters. The third-order valence-electron chi connectivity index (χ3n) is 1.68. The predicted octanol–water partition coefficient (Wildman–Crippen LogP) is 2.30. The van der Waals surface area contributed by atoms with Gasteiger partial charge in [0.1, 0.15) is 0 Å². The number of hydrogen-bond acceptors (Lipinski definition) is 0. The largest absolute Gasteiger partial charge is 0.251 e. The van der Waals surface area contributed by atoms with E-state index in [1.807, 2.05) is 13.8 Å². The van der Waals surface area contributed by atoms with Crippen molar-refractivity contribution in [2.75, 3.05) is 0 Å². The molecular weight excluding hydrogens is 110 g/mol. The van der Waals surface area contributed by atoms with Gasteiger partial charge in [-0.05, 0) is 5.92 Å². The Balaban J connectivity index is 2.37. The van der Waals surface area contributed by atoms with Crippen molar-refractivity contribution >= 4 is 0 Å². The van der Waals surface area contributed by atoms with Gasteiger partial charge in [-0.3, -0.25) is 0 Å². The van der Waals surface area contributed by atoms with Crippen LogP contribution in [0.15, 0.2) is 0 Å². The lowest BCUT2D eigenvalue weighted by atomic mass is 10.1. The zero-order valence-corrected chi connectivity index (χ0v) is 5.12. The molecule has 1 aliphatic rings. The highest BCUT2D eigenvalue weighted by Gasteiger charge is 2.57. The molecule has 8 heavy (non-hydrogen) atoms. The van der Waals surface area contributed by atoms with E-state index in [9.17, 15) is 8.78 Å². The average Bonchev–Trinajstić information content (AvgIpc) is 2.13. The van der Waals surface area contributed by atoms with E-state index in [1.54, 1.807) is 0 Å².